The molecule has 0 aromatic rings. The van der Waals surface area contributed by atoms with Gasteiger partial charge in [-0.25, -0.2) is 0 Å². The van der Waals surface area contributed by atoms with Crippen molar-refractivity contribution in [2.24, 2.45) is 5.92 Å². The molecule has 2 rings (SSSR count). The molecule has 0 atom stereocenters. The van der Waals surface area contributed by atoms with Crippen molar-refractivity contribution in [1.82, 2.24) is 4.90 Å². The van der Waals surface area contributed by atoms with Crippen molar-refractivity contribution in [2.75, 3.05) is 0 Å². The first kappa shape index (κ1) is 11.9. The van der Waals surface area contributed by atoms with E-state index in [0.717, 1.165) is 0 Å². The van der Waals surface area contributed by atoms with Gasteiger partial charge in [0.25, 0.3) is 0 Å². The van der Waals surface area contributed by atoms with Crippen LogP contribution in [0, 0.1) is 5.92 Å². The van der Waals surface area contributed by atoms with Gasteiger partial charge in [-0.05, 0) is 25.7 Å². The van der Waals surface area contributed by atoms with E-state index in [9.17, 15) is 4.79 Å². The smallest absolute Gasteiger partial charge is 0.225 e. The van der Waals surface area contributed by atoms with Crippen LogP contribution in [0.1, 0.15) is 65.2 Å². The van der Waals surface area contributed by atoms with E-state index in [2.05, 4.69) is 4.90 Å². The molecule has 16 heavy (non-hydrogen) atoms. The van der Waals surface area contributed by atoms with Gasteiger partial charge in [-0.2, -0.15) is 0 Å². The Morgan fingerprint density at radius 1 is 0.938 bits per heavy atom. The zero-order chi connectivity index (χ0) is 11.5. The van der Waals surface area contributed by atoms with Crippen LogP contribution < -0.4 is 0 Å². The van der Waals surface area contributed by atoms with Crippen LogP contribution in [0.25, 0.3) is 0 Å². The molecule has 0 N–H and O–H groups in total. The molecule has 0 heterocycles. The summed E-state index contributed by atoms with van der Waals surface area (Å²) in [5.74, 6) is 0.569. The van der Waals surface area contributed by atoms with Crippen LogP contribution in [0.4, 0.5) is 0 Å². The van der Waals surface area contributed by atoms with Gasteiger partial charge in [0.15, 0.2) is 0 Å². The number of nitrogens with zero attached hydrogens (tertiary/aromatic N) is 1. The van der Waals surface area contributed by atoms with Gasteiger partial charge in [0, 0.05) is 18.0 Å². The minimum atomic E-state index is 0.168. The summed E-state index contributed by atoms with van der Waals surface area (Å²) < 4.78 is 0. The molecular formula is C14H25NO. The maximum Gasteiger partial charge on any atom is 0.225 e. The first-order valence-corrected chi connectivity index (χ1v) is 7.02. The second kappa shape index (κ2) is 5.20. The molecule has 2 nitrogen and oxygen atoms in total. The first-order valence-electron chi connectivity index (χ1n) is 7.02. The monoisotopic (exact) mass is 223 g/mol. The standard InChI is InChI=1S/C14H25NO/c1-11(2)14(16)15(12-7-3-4-8-12)13-9-5-6-10-13/h11-13H,3-10H2,1-2H3. The van der Waals surface area contributed by atoms with E-state index in [1.54, 1.807) is 0 Å². The Morgan fingerprint density at radius 3 is 1.62 bits per heavy atom. The summed E-state index contributed by atoms with van der Waals surface area (Å²) in [5, 5.41) is 0. The summed E-state index contributed by atoms with van der Waals surface area (Å²) in [7, 11) is 0. The highest BCUT2D eigenvalue weighted by atomic mass is 16.2. The summed E-state index contributed by atoms with van der Waals surface area (Å²) in [6.07, 6.45) is 10.3. The van der Waals surface area contributed by atoms with Crippen molar-refractivity contribution in [3.05, 3.63) is 0 Å². The highest BCUT2D eigenvalue weighted by Crippen LogP contribution is 2.32. The molecule has 0 aromatic carbocycles. The van der Waals surface area contributed by atoms with Gasteiger partial charge in [-0.3, -0.25) is 4.79 Å². The van der Waals surface area contributed by atoms with E-state index in [4.69, 9.17) is 0 Å². The third-order valence-electron chi connectivity index (χ3n) is 4.18. The molecule has 2 aliphatic rings. The molecule has 0 spiro atoms. The van der Waals surface area contributed by atoms with Crippen LogP contribution in [0.5, 0.6) is 0 Å². The maximum atomic E-state index is 12.3. The number of hydrogen-bond acceptors (Lipinski definition) is 1. The molecule has 0 saturated heterocycles. The summed E-state index contributed by atoms with van der Waals surface area (Å²) in [4.78, 5) is 14.6. The van der Waals surface area contributed by atoms with Crippen molar-refractivity contribution in [3.63, 3.8) is 0 Å². The van der Waals surface area contributed by atoms with Crippen LogP contribution in [-0.2, 0) is 4.79 Å². The third-order valence-corrected chi connectivity index (χ3v) is 4.18. The topological polar surface area (TPSA) is 20.3 Å². The Bertz CT molecular complexity index is 221. The first-order chi connectivity index (χ1) is 7.70. The van der Waals surface area contributed by atoms with E-state index >= 15 is 0 Å². The maximum absolute atomic E-state index is 12.3. The van der Waals surface area contributed by atoms with E-state index in [1.807, 2.05) is 13.8 Å². The average Bonchev–Trinajstić information content (AvgIpc) is 2.89. The lowest BCUT2D eigenvalue weighted by atomic mass is 10.0. The Labute approximate surface area is 99.4 Å². The summed E-state index contributed by atoms with van der Waals surface area (Å²) in [6.45, 7) is 4.08. The van der Waals surface area contributed by atoms with Gasteiger partial charge in [0.05, 0.1) is 0 Å². The lowest BCUT2D eigenvalue weighted by Gasteiger charge is -2.36. The Kier molecular flexibility index (Phi) is 3.88. The van der Waals surface area contributed by atoms with E-state index < -0.39 is 0 Å². The molecule has 0 bridgehead atoms. The molecule has 0 aliphatic heterocycles. The van der Waals surface area contributed by atoms with Crippen LogP contribution in [0.2, 0.25) is 0 Å². The predicted octanol–water partition coefficient (Wildman–Crippen LogP) is 3.36. The van der Waals surface area contributed by atoms with Crippen LogP contribution in [0.3, 0.4) is 0 Å². The van der Waals surface area contributed by atoms with Crippen molar-refractivity contribution < 1.29 is 4.79 Å². The zero-order valence-electron chi connectivity index (χ0n) is 10.7. The Morgan fingerprint density at radius 2 is 1.31 bits per heavy atom. The number of carbonyl (C=O) groups is 1. The second-order valence-corrected chi connectivity index (χ2v) is 5.78. The van der Waals surface area contributed by atoms with E-state index in [-0.39, 0.29) is 5.92 Å². The molecule has 2 heteroatoms. The number of hydrogen-bond donors (Lipinski definition) is 0. The van der Waals surface area contributed by atoms with Gasteiger partial charge in [-0.15, -0.1) is 0 Å². The highest BCUT2D eigenvalue weighted by molar-refractivity contribution is 5.78. The van der Waals surface area contributed by atoms with Gasteiger partial charge < -0.3 is 4.90 Å². The summed E-state index contributed by atoms with van der Waals surface area (Å²) >= 11 is 0. The third kappa shape index (κ3) is 2.41. The normalized spacial score (nSPS) is 23.2. The quantitative estimate of drug-likeness (QED) is 0.718. The van der Waals surface area contributed by atoms with Gasteiger partial charge in [-0.1, -0.05) is 39.5 Å². The van der Waals surface area contributed by atoms with Crippen molar-refractivity contribution in [1.29, 1.82) is 0 Å². The molecule has 92 valence electrons. The lowest BCUT2D eigenvalue weighted by Crippen LogP contribution is -2.46. The van der Waals surface area contributed by atoms with Gasteiger partial charge in [0.1, 0.15) is 0 Å². The Hall–Kier alpha value is -0.530. The van der Waals surface area contributed by atoms with Gasteiger partial charge in [0.2, 0.25) is 5.91 Å². The molecule has 2 saturated carbocycles. The molecule has 2 fully saturated rings. The SMILES string of the molecule is CC(C)C(=O)N(C1CCCC1)C1CCCC1. The zero-order valence-corrected chi connectivity index (χ0v) is 10.7. The Balaban J connectivity index is 2.07. The average molecular weight is 223 g/mol. The van der Waals surface area contributed by atoms with Crippen LogP contribution in [-0.4, -0.2) is 22.9 Å². The largest absolute Gasteiger partial charge is 0.337 e. The van der Waals surface area contributed by atoms with Crippen molar-refractivity contribution >= 4 is 5.91 Å². The molecule has 2 aliphatic carbocycles. The molecular weight excluding hydrogens is 198 g/mol. The molecule has 0 aromatic heterocycles. The predicted molar refractivity (Wildman–Crippen MR) is 66.2 cm³/mol. The number of rotatable bonds is 3. The molecule has 1 amide bonds. The summed E-state index contributed by atoms with van der Waals surface area (Å²) in [5.41, 5.74) is 0. The fraction of sp³-hybridized carbons (Fsp3) is 0.929. The van der Waals surface area contributed by atoms with Gasteiger partial charge >= 0.3 is 0 Å². The van der Waals surface area contributed by atoms with Crippen LogP contribution >= 0.6 is 0 Å². The fourth-order valence-corrected chi connectivity index (χ4v) is 3.32. The van der Waals surface area contributed by atoms with E-state index in [1.165, 1.54) is 51.4 Å². The van der Waals surface area contributed by atoms with Crippen LogP contribution in [0.15, 0.2) is 0 Å². The van der Waals surface area contributed by atoms with Crippen molar-refractivity contribution in [2.45, 2.75) is 77.3 Å². The second-order valence-electron chi connectivity index (χ2n) is 5.78. The van der Waals surface area contributed by atoms with Crippen molar-refractivity contribution in [3.8, 4) is 0 Å². The lowest BCUT2D eigenvalue weighted by molar-refractivity contribution is -0.139. The minimum Gasteiger partial charge on any atom is -0.337 e. The minimum absolute atomic E-state index is 0.168. The highest BCUT2D eigenvalue weighted by Gasteiger charge is 2.34. The molecule has 0 unspecified atom stereocenters. The summed E-state index contributed by atoms with van der Waals surface area (Å²) in [6, 6.07) is 1.14. The molecule has 0 radical (unpaired) electrons. The van der Waals surface area contributed by atoms with E-state index in [0.29, 0.717) is 18.0 Å². The fourth-order valence-electron chi connectivity index (χ4n) is 3.32. The number of amides is 1. The number of carbonyl (C=O) groups excluding carboxylic acids is 1.